The summed E-state index contributed by atoms with van der Waals surface area (Å²) < 4.78 is 0. The van der Waals surface area contributed by atoms with Gasteiger partial charge in [-0.15, -0.1) is 12.4 Å². The van der Waals surface area contributed by atoms with Gasteiger partial charge in [-0.2, -0.15) is 0 Å². The second-order valence-electron chi connectivity index (χ2n) is 4.52. The van der Waals surface area contributed by atoms with Gasteiger partial charge in [-0.05, 0) is 37.5 Å². The van der Waals surface area contributed by atoms with Crippen LogP contribution in [0.4, 0.5) is 0 Å². The second-order valence-corrected chi connectivity index (χ2v) is 5.34. The summed E-state index contributed by atoms with van der Waals surface area (Å²) in [5.41, 5.74) is 6.08. The number of carbonyl (C=O) groups is 1. The largest absolute Gasteiger partial charge is 0.348 e. The highest BCUT2D eigenvalue weighted by molar-refractivity contribution is 6.42. The Kier molecular flexibility index (Phi) is 4.90. The Morgan fingerprint density at radius 1 is 1.39 bits per heavy atom. The third-order valence-corrected chi connectivity index (χ3v) is 3.77. The minimum absolute atomic E-state index is 0. The highest BCUT2D eigenvalue weighted by Crippen LogP contribution is 2.33. The Hall–Kier alpha value is -0.480. The van der Waals surface area contributed by atoms with E-state index in [0.717, 1.165) is 18.4 Å². The Balaban J connectivity index is 0.00000162. The van der Waals surface area contributed by atoms with Crippen LogP contribution in [0.2, 0.25) is 10.0 Å². The molecule has 1 aromatic rings. The molecule has 1 aliphatic rings. The van der Waals surface area contributed by atoms with E-state index in [0.29, 0.717) is 10.0 Å². The molecule has 1 aromatic carbocycles. The van der Waals surface area contributed by atoms with Crippen molar-refractivity contribution in [2.45, 2.75) is 31.3 Å². The molecule has 1 fully saturated rings. The molecule has 0 heterocycles. The first kappa shape index (κ1) is 15.6. The van der Waals surface area contributed by atoms with Crippen LogP contribution in [0.25, 0.3) is 0 Å². The highest BCUT2D eigenvalue weighted by Gasteiger charge is 2.46. The zero-order valence-corrected chi connectivity index (χ0v) is 12.2. The van der Waals surface area contributed by atoms with Crippen LogP contribution in [0.5, 0.6) is 0 Å². The first-order chi connectivity index (χ1) is 7.92. The lowest BCUT2D eigenvalue weighted by molar-refractivity contribution is -0.123. The number of nitrogens with two attached hydrogens (primary N) is 1. The lowest BCUT2D eigenvalue weighted by atomic mass is 10.1. The predicted molar refractivity (Wildman–Crippen MR) is 76.4 cm³/mol. The number of nitrogens with one attached hydrogen (secondary N) is 1. The van der Waals surface area contributed by atoms with E-state index in [4.69, 9.17) is 28.9 Å². The molecule has 0 bridgehead atoms. The van der Waals surface area contributed by atoms with Gasteiger partial charge < -0.3 is 11.1 Å². The lowest BCUT2D eigenvalue weighted by Crippen LogP contribution is -2.43. The molecule has 3 N–H and O–H groups in total. The van der Waals surface area contributed by atoms with E-state index in [1.165, 1.54) is 0 Å². The Morgan fingerprint density at radius 2 is 2.00 bits per heavy atom. The summed E-state index contributed by atoms with van der Waals surface area (Å²) in [5.74, 6) is -0.101. The number of halogens is 3. The smallest absolute Gasteiger partial charge is 0.240 e. The molecule has 2 rings (SSSR count). The fourth-order valence-corrected chi connectivity index (χ4v) is 1.87. The summed E-state index contributed by atoms with van der Waals surface area (Å²) in [7, 11) is 0. The summed E-state index contributed by atoms with van der Waals surface area (Å²) in [4.78, 5) is 11.8. The summed E-state index contributed by atoms with van der Waals surface area (Å²) in [5, 5.41) is 3.87. The van der Waals surface area contributed by atoms with Crippen LogP contribution < -0.4 is 11.1 Å². The summed E-state index contributed by atoms with van der Waals surface area (Å²) in [6, 6.07) is 5.19. The van der Waals surface area contributed by atoms with E-state index in [-0.39, 0.29) is 24.4 Å². The third-order valence-electron chi connectivity index (χ3n) is 3.03. The molecule has 1 aliphatic carbocycles. The molecular weight excluding hydrogens is 295 g/mol. The van der Waals surface area contributed by atoms with Crippen molar-refractivity contribution >= 4 is 41.5 Å². The second kappa shape index (κ2) is 5.66. The monoisotopic (exact) mass is 308 g/mol. The van der Waals surface area contributed by atoms with E-state index in [2.05, 4.69) is 5.32 Å². The predicted octanol–water partition coefficient (Wildman–Crippen LogP) is 3.08. The molecule has 1 amide bonds. The number of benzene rings is 1. The number of rotatable bonds is 3. The zero-order valence-electron chi connectivity index (χ0n) is 9.87. The first-order valence-corrected chi connectivity index (χ1v) is 6.23. The lowest BCUT2D eigenvalue weighted by Gasteiger charge is -2.17. The fourth-order valence-electron chi connectivity index (χ4n) is 1.57. The van der Waals surface area contributed by atoms with Crippen molar-refractivity contribution in [3.8, 4) is 0 Å². The molecule has 3 nitrogen and oxygen atoms in total. The maximum Gasteiger partial charge on any atom is 0.240 e. The van der Waals surface area contributed by atoms with E-state index < -0.39 is 5.54 Å². The van der Waals surface area contributed by atoms with Crippen LogP contribution in [0.15, 0.2) is 18.2 Å². The van der Waals surface area contributed by atoms with Crippen molar-refractivity contribution in [2.75, 3.05) is 0 Å². The van der Waals surface area contributed by atoms with Gasteiger partial charge in [0.1, 0.15) is 0 Å². The molecule has 6 heteroatoms. The highest BCUT2D eigenvalue weighted by atomic mass is 35.5. The average Bonchev–Trinajstić information content (AvgIpc) is 3.02. The van der Waals surface area contributed by atoms with Gasteiger partial charge in [0.15, 0.2) is 0 Å². The van der Waals surface area contributed by atoms with Gasteiger partial charge in [0, 0.05) is 0 Å². The quantitative estimate of drug-likeness (QED) is 0.901. The zero-order chi connectivity index (χ0) is 12.6. The standard InChI is InChI=1S/C12H14Cl2N2O.ClH/c1-7(16-11(17)12(15)4-5-12)8-2-3-9(13)10(14)6-8;/h2-3,6-7H,4-5,15H2,1H3,(H,16,17);1H. The van der Waals surface area contributed by atoms with Crippen LogP contribution in [0.3, 0.4) is 0 Å². The van der Waals surface area contributed by atoms with Crippen molar-refractivity contribution in [3.05, 3.63) is 33.8 Å². The van der Waals surface area contributed by atoms with Gasteiger partial charge in [-0.1, -0.05) is 29.3 Å². The molecule has 1 saturated carbocycles. The summed E-state index contributed by atoms with van der Waals surface area (Å²) in [6.45, 7) is 1.89. The third kappa shape index (κ3) is 3.29. The number of amides is 1. The average molecular weight is 310 g/mol. The molecule has 1 atom stereocenters. The molecule has 18 heavy (non-hydrogen) atoms. The van der Waals surface area contributed by atoms with E-state index in [1.807, 2.05) is 13.0 Å². The Labute approximate surface area is 122 Å². The summed E-state index contributed by atoms with van der Waals surface area (Å²) >= 11 is 11.8. The Morgan fingerprint density at radius 3 is 2.50 bits per heavy atom. The van der Waals surface area contributed by atoms with E-state index in [1.54, 1.807) is 12.1 Å². The van der Waals surface area contributed by atoms with Crippen molar-refractivity contribution in [3.63, 3.8) is 0 Å². The number of carbonyl (C=O) groups excluding carboxylic acids is 1. The van der Waals surface area contributed by atoms with Crippen molar-refractivity contribution in [1.29, 1.82) is 0 Å². The molecule has 0 aromatic heterocycles. The molecule has 0 saturated heterocycles. The van der Waals surface area contributed by atoms with Crippen LogP contribution in [-0.2, 0) is 4.79 Å². The first-order valence-electron chi connectivity index (χ1n) is 5.47. The van der Waals surface area contributed by atoms with Crippen molar-refractivity contribution < 1.29 is 4.79 Å². The van der Waals surface area contributed by atoms with Crippen LogP contribution in [0, 0.1) is 0 Å². The Bertz CT molecular complexity index is 461. The normalized spacial score (nSPS) is 17.6. The van der Waals surface area contributed by atoms with Crippen molar-refractivity contribution in [2.24, 2.45) is 5.73 Å². The van der Waals surface area contributed by atoms with Crippen LogP contribution in [0.1, 0.15) is 31.4 Å². The minimum atomic E-state index is -0.648. The van der Waals surface area contributed by atoms with Gasteiger partial charge in [-0.3, -0.25) is 4.79 Å². The molecule has 1 unspecified atom stereocenters. The fraction of sp³-hybridized carbons (Fsp3) is 0.417. The number of hydrogen-bond donors (Lipinski definition) is 2. The van der Waals surface area contributed by atoms with Gasteiger partial charge in [0.05, 0.1) is 21.6 Å². The van der Waals surface area contributed by atoms with E-state index in [9.17, 15) is 4.79 Å². The summed E-state index contributed by atoms with van der Waals surface area (Å²) in [6.07, 6.45) is 1.51. The van der Waals surface area contributed by atoms with Crippen molar-refractivity contribution in [1.82, 2.24) is 5.32 Å². The molecule has 0 aliphatic heterocycles. The van der Waals surface area contributed by atoms with Gasteiger partial charge in [-0.25, -0.2) is 0 Å². The molecular formula is C12H15Cl3N2O. The minimum Gasteiger partial charge on any atom is -0.348 e. The maximum atomic E-state index is 11.8. The van der Waals surface area contributed by atoms with Gasteiger partial charge in [0.25, 0.3) is 0 Å². The van der Waals surface area contributed by atoms with Crippen LogP contribution >= 0.6 is 35.6 Å². The van der Waals surface area contributed by atoms with E-state index >= 15 is 0 Å². The molecule has 0 spiro atoms. The van der Waals surface area contributed by atoms with Gasteiger partial charge in [0.2, 0.25) is 5.91 Å². The molecule has 100 valence electrons. The SMILES string of the molecule is CC(NC(=O)C1(N)CC1)c1ccc(Cl)c(Cl)c1.Cl. The maximum absolute atomic E-state index is 11.8. The molecule has 0 radical (unpaired) electrons. The van der Waals surface area contributed by atoms with Crippen LogP contribution in [-0.4, -0.2) is 11.4 Å². The number of hydrogen-bond acceptors (Lipinski definition) is 2. The topological polar surface area (TPSA) is 55.1 Å². The van der Waals surface area contributed by atoms with Gasteiger partial charge >= 0.3 is 0 Å².